The van der Waals surface area contributed by atoms with Crippen molar-refractivity contribution < 1.29 is 27.8 Å². The summed E-state index contributed by atoms with van der Waals surface area (Å²) in [6, 6.07) is 1.78. The molecule has 1 aromatic carbocycles. The number of halogens is 2. The second-order valence-corrected chi connectivity index (χ2v) is 7.68. The highest BCUT2D eigenvalue weighted by Gasteiger charge is 2.52. The minimum absolute atomic E-state index is 0.183. The standard InChI is InChI=1S/C18H24F2N2O4/c1-10-14(15(23)21-13-8-7-11(19)9-12(13)20)22(18(5,6)25-10)16(24)26-17(2,3)4/h7-10,14H,1-6H3,(H,21,23). The van der Waals surface area contributed by atoms with Gasteiger partial charge < -0.3 is 14.8 Å². The van der Waals surface area contributed by atoms with Gasteiger partial charge in [-0.1, -0.05) is 0 Å². The Bertz CT molecular complexity index is 716. The summed E-state index contributed by atoms with van der Waals surface area (Å²) in [4.78, 5) is 26.5. The van der Waals surface area contributed by atoms with Gasteiger partial charge in [0.2, 0.25) is 5.91 Å². The van der Waals surface area contributed by atoms with Crippen molar-refractivity contribution in [1.82, 2.24) is 4.90 Å². The van der Waals surface area contributed by atoms with Crippen molar-refractivity contribution in [3.05, 3.63) is 29.8 Å². The summed E-state index contributed by atoms with van der Waals surface area (Å²) in [6.45, 7) is 10.0. The third kappa shape index (κ3) is 4.30. The van der Waals surface area contributed by atoms with Crippen LogP contribution < -0.4 is 5.32 Å². The van der Waals surface area contributed by atoms with E-state index in [1.807, 2.05) is 0 Å². The number of carbonyl (C=O) groups is 2. The van der Waals surface area contributed by atoms with Crippen molar-refractivity contribution in [3.8, 4) is 0 Å². The van der Waals surface area contributed by atoms with Crippen LogP contribution in [0.25, 0.3) is 0 Å². The van der Waals surface area contributed by atoms with Gasteiger partial charge in [0.1, 0.15) is 29.0 Å². The molecule has 1 saturated heterocycles. The SMILES string of the molecule is CC1OC(C)(C)N(C(=O)OC(C)(C)C)C1C(=O)Nc1ccc(F)cc1F. The Kier molecular flexibility index (Phi) is 5.28. The lowest BCUT2D eigenvalue weighted by Crippen LogP contribution is -2.54. The molecular weight excluding hydrogens is 346 g/mol. The van der Waals surface area contributed by atoms with Crippen LogP contribution in [0.5, 0.6) is 0 Å². The fourth-order valence-electron chi connectivity index (χ4n) is 2.89. The van der Waals surface area contributed by atoms with Crippen molar-refractivity contribution in [1.29, 1.82) is 0 Å². The first-order valence-electron chi connectivity index (χ1n) is 8.28. The zero-order valence-electron chi connectivity index (χ0n) is 15.7. The number of carbonyl (C=O) groups excluding carboxylic acids is 2. The van der Waals surface area contributed by atoms with Crippen LogP contribution in [-0.4, -0.2) is 40.4 Å². The lowest BCUT2D eigenvalue weighted by Gasteiger charge is -2.34. The van der Waals surface area contributed by atoms with E-state index in [1.165, 1.54) is 4.90 Å². The third-order valence-electron chi connectivity index (χ3n) is 3.83. The van der Waals surface area contributed by atoms with E-state index in [0.717, 1.165) is 12.1 Å². The molecule has 1 fully saturated rings. The molecule has 1 N–H and O–H groups in total. The number of ether oxygens (including phenoxy) is 2. The van der Waals surface area contributed by atoms with E-state index in [4.69, 9.17) is 9.47 Å². The van der Waals surface area contributed by atoms with Crippen molar-refractivity contribution in [2.75, 3.05) is 5.32 Å². The number of nitrogens with zero attached hydrogens (tertiary/aromatic N) is 1. The summed E-state index contributed by atoms with van der Waals surface area (Å²) in [6.07, 6.45) is -1.37. The van der Waals surface area contributed by atoms with Gasteiger partial charge in [-0.15, -0.1) is 0 Å². The molecule has 2 amide bonds. The molecule has 0 aromatic heterocycles. The minimum atomic E-state index is -1.09. The Morgan fingerprint density at radius 3 is 2.42 bits per heavy atom. The Morgan fingerprint density at radius 1 is 1.27 bits per heavy atom. The molecule has 2 unspecified atom stereocenters. The number of hydrogen-bond acceptors (Lipinski definition) is 4. The van der Waals surface area contributed by atoms with Gasteiger partial charge >= 0.3 is 6.09 Å². The molecule has 0 bridgehead atoms. The Hall–Kier alpha value is -2.22. The number of hydrogen-bond donors (Lipinski definition) is 1. The molecule has 2 atom stereocenters. The molecule has 1 aromatic rings. The highest BCUT2D eigenvalue weighted by Crippen LogP contribution is 2.34. The molecule has 8 heteroatoms. The van der Waals surface area contributed by atoms with E-state index >= 15 is 0 Å². The topological polar surface area (TPSA) is 67.9 Å². The van der Waals surface area contributed by atoms with Crippen LogP contribution in [0.1, 0.15) is 41.5 Å². The van der Waals surface area contributed by atoms with E-state index in [9.17, 15) is 18.4 Å². The zero-order valence-corrected chi connectivity index (χ0v) is 15.7. The van der Waals surface area contributed by atoms with Crippen molar-refractivity contribution in [2.24, 2.45) is 0 Å². The first-order valence-corrected chi connectivity index (χ1v) is 8.28. The molecule has 1 aliphatic heterocycles. The number of rotatable bonds is 2. The lowest BCUT2D eigenvalue weighted by molar-refractivity contribution is -0.121. The predicted octanol–water partition coefficient (Wildman–Crippen LogP) is 3.66. The van der Waals surface area contributed by atoms with Gasteiger partial charge in [-0.3, -0.25) is 9.69 Å². The van der Waals surface area contributed by atoms with Gasteiger partial charge in [0, 0.05) is 6.07 Å². The third-order valence-corrected chi connectivity index (χ3v) is 3.83. The largest absolute Gasteiger partial charge is 0.444 e. The predicted molar refractivity (Wildman–Crippen MR) is 91.5 cm³/mol. The molecule has 0 spiro atoms. The van der Waals surface area contributed by atoms with Crippen LogP contribution >= 0.6 is 0 Å². The fourth-order valence-corrected chi connectivity index (χ4v) is 2.89. The fraction of sp³-hybridized carbons (Fsp3) is 0.556. The van der Waals surface area contributed by atoms with Crippen molar-refractivity contribution >= 4 is 17.7 Å². The van der Waals surface area contributed by atoms with E-state index in [2.05, 4.69) is 5.32 Å². The Morgan fingerprint density at radius 2 is 1.88 bits per heavy atom. The van der Waals surface area contributed by atoms with E-state index in [1.54, 1.807) is 41.5 Å². The molecule has 1 heterocycles. The Labute approximate surface area is 151 Å². The monoisotopic (exact) mass is 370 g/mol. The minimum Gasteiger partial charge on any atom is -0.444 e. The van der Waals surface area contributed by atoms with Crippen LogP contribution in [0.15, 0.2) is 18.2 Å². The highest BCUT2D eigenvalue weighted by molar-refractivity contribution is 5.97. The maximum Gasteiger partial charge on any atom is 0.413 e. The normalized spacial score (nSPS) is 22.2. The highest BCUT2D eigenvalue weighted by atomic mass is 19.1. The second kappa shape index (κ2) is 6.83. The summed E-state index contributed by atoms with van der Waals surface area (Å²) in [7, 11) is 0. The van der Waals surface area contributed by atoms with Crippen molar-refractivity contribution in [3.63, 3.8) is 0 Å². The summed E-state index contributed by atoms with van der Waals surface area (Å²) in [5, 5.41) is 2.39. The number of benzene rings is 1. The molecular formula is C18H24F2N2O4. The summed E-state index contributed by atoms with van der Waals surface area (Å²) in [5.41, 5.74) is -2.04. The van der Waals surface area contributed by atoms with E-state index in [-0.39, 0.29) is 5.69 Å². The van der Waals surface area contributed by atoms with Crippen LogP contribution in [0.3, 0.4) is 0 Å². The molecule has 2 rings (SSSR count). The summed E-state index contributed by atoms with van der Waals surface area (Å²) < 4.78 is 38.0. The van der Waals surface area contributed by atoms with Gasteiger partial charge in [-0.2, -0.15) is 0 Å². The molecule has 26 heavy (non-hydrogen) atoms. The average Bonchev–Trinajstić information content (AvgIpc) is 2.69. The second-order valence-electron chi connectivity index (χ2n) is 7.68. The summed E-state index contributed by atoms with van der Waals surface area (Å²) >= 11 is 0. The quantitative estimate of drug-likeness (QED) is 0.863. The smallest absolute Gasteiger partial charge is 0.413 e. The summed E-state index contributed by atoms with van der Waals surface area (Å²) in [5.74, 6) is -2.32. The number of anilines is 1. The first kappa shape index (κ1) is 20.1. The van der Waals surface area contributed by atoms with Crippen LogP contribution in [0.4, 0.5) is 19.3 Å². The van der Waals surface area contributed by atoms with Gasteiger partial charge in [-0.25, -0.2) is 13.6 Å². The maximum atomic E-state index is 13.8. The van der Waals surface area contributed by atoms with Crippen molar-refractivity contribution in [2.45, 2.75) is 65.0 Å². The molecule has 6 nitrogen and oxygen atoms in total. The van der Waals surface area contributed by atoms with E-state index < -0.39 is 47.1 Å². The number of amides is 2. The zero-order chi connectivity index (χ0) is 19.9. The average molecular weight is 370 g/mol. The maximum absolute atomic E-state index is 13.8. The molecule has 1 aliphatic rings. The Balaban J connectivity index is 2.28. The van der Waals surface area contributed by atoms with Gasteiger partial charge in [-0.05, 0) is 53.7 Å². The molecule has 0 radical (unpaired) electrons. The first-order chi connectivity index (χ1) is 11.8. The van der Waals surface area contributed by atoms with Gasteiger partial charge in [0.15, 0.2) is 0 Å². The van der Waals surface area contributed by atoms with Crippen LogP contribution in [0.2, 0.25) is 0 Å². The lowest BCUT2D eigenvalue weighted by atomic mass is 10.1. The van der Waals surface area contributed by atoms with Gasteiger partial charge in [0.05, 0.1) is 11.8 Å². The molecule has 0 aliphatic carbocycles. The number of nitrogens with one attached hydrogen (secondary N) is 1. The van der Waals surface area contributed by atoms with E-state index in [0.29, 0.717) is 6.07 Å². The van der Waals surface area contributed by atoms with Gasteiger partial charge in [0.25, 0.3) is 0 Å². The molecule has 0 saturated carbocycles. The van der Waals surface area contributed by atoms with Crippen LogP contribution in [0, 0.1) is 11.6 Å². The molecule has 144 valence electrons. The van der Waals surface area contributed by atoms with Crippen LogP contribution in [-0.2, 0) is 14.3 Å².